The fraction of sp³-hybridized carbons (Fsp3) is 0.611. The van der Waals surface area contributed by atoms with Crippen LogP contribution in [0.5, 0.6) is 0 Å². The summed E-state index contributed by atoms with van der Waals surface area (Å²) in [6.45, 7) is 9.30. The lowest BCUT2D eigenvalue weighted by atomic mass is 9.78. The zero-order valence-corrected chi connectivity index (χ0v) is 16.2. The van der Waals surface area contributed by atoms with E-state index in [1.54, 1.807) is 19.1 Å². The summed E-state index contributed by atoms with van der Waals surface area (Å²) in [7, 11) is -3.85. The van der Waals surface area contributed by atoms with Gasteiger partial charge in [-0.15, -0.1) is 0 Å². The highest BCUT2D eigenvalue weighted by molar-refractivity contribution is 7.89. The second-order valence-electron chi connectivity index (χ2n) is 7.80. The molecule has 0 bridgehead atoms. The van der Waals surface area contributed by atoms with Gasteiger partial charge in [-0.2, -0.15) is 0 Å². The molecule has 0 aliphatic carbocycles. The Balaban J connectivity index is 2.10. The van der Waals surface area contributed by atoms with Crippen LogP contribution in [-0.4, -0.2) is 33.6 Å². The molecular weight excluding hydrogens is 340 g/mol. The van der Waals surface area contributed by atoms with E-state index >= 15 is 0 Å². The van der Waals surface area contributed by atoms with E-state index in [4.69, 9.17) is 9.88 Å². The molecule has 6 nitrogen and oxygen atoms in total. The van der Waals surface area contributed by atoms with Gasteiger partial charge in [-0.3, -0.25) is 4.79 Å². The van der Waals surface area contributed by atoms with E-state index in [9.17, 15) is 13.2 Å². The van der Waals surface area contributed by atoms with Gasteiger partial charge in [0.25, 0.3) is 5.91 Å². The van der Waals surface area contributed by atoms with Crippen LogP contribution in [0.2, 0.25) is 0 Å². The van der Waals surface area contributed by atoms with Gasteiger partial charge in [-0.25, -0.2) is 13.6 Å². The highest BCUT2D eigenvalue weighted by Crippen LogP contribution is 2.33. The van der Waals surface area contributed by atoms with Crippen LogP contribution in [0.25, 0.3) is 0 Å². The van der Waals surface area contributed by atoms with E-state index in [0.29, 0.717) is 17.7 Å². The van der Waals surface area contributed by atoms with E-state index < -0.39 is 10.0 Å². The molecular formula is C18H28N2O4S. The third-order valence-electron chi connectivity index (χ3n) is 4.58. The molecule has 2 atom stereocenters. The summed E-state index contributed by atoms with van der Waals surface area (Å²) in [6, 6.07) is 4.53. The molecule has 140 valence electrons. The van der Waals surface area contributed by atoms with Crippen LogP contribution >= 0.6 is 0 Å². The molecule has 0 unspecified atom stereocenters. The number of aryl methyl sites for hydroxylation is 1. The first kappa shape index (κ1) is 19.9. The second kappa shape index (κ2) is 7.43. The lowest BCUT2D eigenvalue weighted by Gasteiger charge is -2.40. The molecule has 1 aliphatic rings. The molecule has 25 heavy (non-hydrogen) atoms. The molecule has 7 heteroatoms. The smallest absolute Gasteiger partial charge is 0.251 e. The number of ether oxygens (including phenoxy) is 1. The topological polar surface area (TPSA) is 98.5 Å². The number of carbonyl (C=O) groups excluding carboxylic acids is 1. The largest absolute Gasteiger partial charge is 0.377 e. The minimum atomic E-state index is -3.85. The minimum Gasteiger partial charge on any atom is -0.377 e. The average Bonchev–Trinajstić information content (AvgIpc) is 2.51. The molecule has 0 spiro atoms. The van der Waals surface area contributed by atoms with Crippen molar-refractivity contribution >= 4 is 15.9 Å². The molecule has 0 saturated carbocycles. The van der Waals surface area contributed by atoms with Gasteiger partial charge in [-0.05, 0) is 42.9 Å². The Kier molecular flexibility index (Phi) is 5.91. The van der Waals surface area contributed by atoms with E-state index in [0.717, 1.165) is 19.4 Å². The van der Waals surface area contributed by atoms with E-state index in [1.165, 1.54) is 6.07 Å². The maximum absolute atomic E-state index is 12.4. The average molecular weight is 368 g/mol. The second-order valence-corrected chi connectivity index (χ2v) is 9.32. The number of sulfonamides is 1. The van der Waals surface area contributed by atoms with Crippen molar-refractivity contribution in [2.24, 2.45) is 16.5 Å². The zero-order valence-electron chi connectivity index (χ0n) is 15.3. The number of nitrogens with two attached hydrogens (primary N) is 1. The fourth-order valence-electron chi connectivity index (χ4n) is 3.38. The molecule has 1 aromatic carbocycles. The zero-order chi connectivity index (χ0) is 18.8. The molecule has 1 amide bonds. The van der Waals surface area contributed by atoms with Crippen molar-refractivity contribution < 1.29 is 17.9 Å². The molecule has 1 saturated heterocycles. The van der Waals surface area contributed by atoms with Crippen LogP contribution in [0.4, 0.5) is 0 Å². The normalized spacial score (nSPS) is 21.8. The van der Waals surface area contributed by atoms with Gasteiger partial charge in [0.1, 0.15) is 0 Å². The summed E-state index contributed by atoms with van der Waals surface area (Å²) in [5.74, 6) is -0.0657. The van der Waals surface area contributed by atoms with Crippen molar-refractivity contribution in [1.82, 2.24) is 5.32 Å². The first-order chi connectivity index (χ1) is 11.5. The lowest BCUT2D eigenvalue weighted by molar-refractivity contribution is -0.0839. The third kappa shape index (κ3) is 5.03. The Labute approximate surface area is 150 Å². The number of amides is 1. The van der Waals surface area contributed by atoms with Crippen molar-refractivity contribution in [3.8, 4) is 0 Å². The van der Waals surface area contributed by atoms with Crippen molar-refractivity contribution in [3.63, 3.8) is 0 Å². The molecule has 0 aromatic heterocycles. The highest BCUT2D eigenvalue weighted by atomic mass is 32.2. The monoisotopic (exact) mass is 368 g/mol. The predicted molar refractivity (Wildman–Crippen MR) is 96.8 cm³/mol. The summed E-state index contributed by atoms with van der Waals surface area (Å²) >= 11 is 0. The summed E-state index contributed by atoms with van der Waals surface area (Å²) in [4.78, 5) is 12.4. The molecule has 2 rings (SSSR count). The molecule has 3 N–H and O–H groups in total. The number of hydrogen-bond donors (Lipinski definition) is 2. The molecule has 1 heterocycles. The van der Waals surface area contributed by atoms with Crippen molar-refractivity contribution in [2.45, 2.75) is 51.5 Å². The highest BCUT2D eigenvalue weighted by Gasteiger charge is 2.35. The molecule has 1 fully saturated rings. The molecule has 0 radical (unpaired) electrons. The third-order valence-corrected chi connectivity index (χ3v) is 5.63. The van der Waals surface area contributed by atoms with Gasteiger partial charge >= 0.3 is 0 Å². The minimum absolute atomic E-state index is 0.000467. The predicted octanol–water partition coefficient (Wildman–Crippen LogP) is 2.21. The Bertz CT molecular complexity index is 738. The number of nitrogens with one attached hydrogen (secondary N) is 1. The van der Waals surface area contributed by atoms with Crippen molar-refractivity contribution in [2.75, 3.05) is 13.2 Å². The number of hydrogen-bond acceptors (Lipinski definition) is 4. The van der Waals surface area contributed by atoms with Crippen LogP contribution < -0.4 is 10.5 Å². The first-order valence-corrected chi connectivity index (χ1v) is 10.1. The summed E-state index contributed by atoms with van der Waals surface area (Å²) < 4.78 is 29.2. The summed E-state index contributed by atoms with van der Waals surface area (Å²) in [5.41, 5.74) is 0.812. The van der Waals surface area contributed by atoms with Crippen LogP contribution in [0, 0.1) is 18.3 Å². The van der Waals surface area contributed by atoms with E-state index in [1.807, 2.05) is 0 Å². The van der Waals surface area contributed by atoms with Gasteiger partial charge in [0.05, 0.1) is 11.0 Å². The van der Waals surface area contributed by atoms with Gasteiger partial charge in [-0.1, -0.05) is 26.8 Å². The number of rotatable bonds is 4. The quantitative estimate of drug-likeness (QED) is 0.851. The lowest BCUT2D eigenvalue weighted by Crippen LogP contribution is -2.45. The SMILES string of the molecule is Cc1ccc(C(=O)NC[C@@H]2CCCO[C@H]2C(C)(C)C)cc1S(N)(=O)=O. The van der Waals surface area contributed by atoms with Crippen LogP contribution in [0.3, 0.4) is 0 Å². The molecule has 1 aliphatic heterocycles. The first-order valence-electron chi connectivity index (χ1n) is 8.53. The van der Waals surface area contributed by atoms with Gasteiger partial charge in [0.2, 0.25) is 10.0 Å². The Hall–Kier alpha value is -1.44. The maximum Gasteiger partial charge on any atom is 0.251 e. The van der Waals surface area contributed by atoms with E-state index in [2.05, 4.69) is 26.1 Å². The van der Waals surface area contributed by atoms with Crippen LogP contribution in [0.1, 0.15) is 49.5 Å². The van der Waals surface area contributed by atoms with Gasteiger partial charge in [0.15, 0.2) is 0 Å². The fourth-order valence-corrected chi connectivity index (χ4v) is 4.19. The Morgan fingerprint density at radius 2 is 2.04 bits per heavy atom. The van der Waals surface area contributed by atoms with Crippen LogP contribution in [0.15, 0.2) is 23.1 Å². The van der Waals surface area contributed by atoms with Crippen molar-refractivity contribution in [1.29, 1.82) is 0 Å². The number of carbonyl (C=O) groups is 1. The standard InChI is InChI=1S/C18H28N2O4S/c1-12-7-8-13(10-15(12)25(19,22)23)17(21)20-11-14-6-5-9-24-16(14)18(2,3)4/h7-8,10,14,16H,5-6,9,11H2,1-4H3,(H,20,21)(H2,19,22,23)/t14-,16+/m0/s1. The van der Waals surface area contributed by atoms with Gasteiger partial charge < -0.3 is 10.1 Å². The van der Waals surface area contributed by atoms with E-state index in [-0.39, 0.29) is 28.2 Å². The van der Waals surface area contributed by atoms with Crippen molar-refractivity contribution in [3.05, 3.63) is 29.3 Å². The summed E-state index contributed by atoms with van der Waals surface area (Å²) in [6.07, 6.45) is 2.06. The Morgan fingerprint density at radius 3 is 2.64 bits per heavy atom. The van der Waals surface area contributed by atoms with Gasteiger partial charge in [0, 0.05) is 24.6 Å². The maximum atomic E-state index is 12.4. The summed E-state index contributed by atoms with van der Waals surface area (Å²) in [5, 5.41) is 8.12. The molecule has 1 aromatic rings. The Morgan fingerprint density at radius 1 is 1.36 bits per heavy atom. The van der Waals surface area contributed by atoms with Crippen LogP contribution in [-0.2, 0) is 14.8 Å². The number of primary sulfonamides is 1. The number of benzene rings is 1.